The molecular formula is C51H34N4S. The van der Waals surface area contributed by atoms with E-state index in [9.17, 15) is 5.41 Å². The van der Waals surface area contributed by atoms with E-state index in [1.54, 1.807) is 11.3 Å². The molecule has 0 radical (unpaired) electrons. The summed E-state index contributed by atoms with van der Waals surface area (Å²) in [5.41, 5.74) is 12.9. The zero-order chi connectivity index (χ0) is 37.4. The Labute approximate surface area is 329 Å². The fourth-order valence-corrected chi connectivity index (χ4v) is 8.81. The third kappa shape index (κ3) is 6.10. The standard InChI is InChI=1S/C51H34N4S/c52-48(47(35-19-8-3-9-20-35)49-39-22-11-10-21-38(39)31-43(53-49)33-15-4-1-5-16-33)36-27-29-37(30-28-36)51-54-44(34-17-6-2-7-18-34)32-45(55-51)42-25-14-24-41-40-23-12-13-26-46(40)56-50(41)42/h1-32,52-53H/b49-47-,52-48?. The van der Waals surface area contributed by atoms with Crippen LogP contribution in [-0.2, 0) is 0 Å². The van der Waals surface area contributed by atoms with Crippen molar-refractivity contribution in [3.8, 4) is 33.9 Å². The summed E-state index contributed by atoms with van der Waals surface area (Å²) in [5, 5.41) is 16.1. The number of rotatable bonds is 7. The predicted molar refractivity (Wildman–Crippen MR) is 235 cm³/mol. The normalized spacial score (nSPS) is 13.2. The van der Waals surface area contributed by atoms with Crippen molar-refractivity contribution in [3.05, 3.63) is 216 Å². The van der Waals surface area contributed by atoms with E-state index in [-0.39, 0.29) is 0 Å². The zero-order valence-corrected chi connectivity index (χ0v) is 31.1. The molecule has 2 N–H and O–H groups in total. The minimum absolute atomic E-state index is 0.422. The number of aromatic nitrogens is 2. The Morgan fingerprint density at radius 3 is 1.91 bits per heavy atom. The molecule has 3 heterocycles. The van der Waals surface area contributed by atoms with Crippen LogP contribution >= 0.6 is 11.3 Å². The van der Waals surface area contributed by atoms with E-state index in [4.69, 9.17) is 9.97 Å². The lowest BCUT2D eigenvalue weighted by atomic mass is 9.88. The van der Waals surface area contributed by atoms with Crippen LogP contribution in [0.5, 0.6) is 0 Å². The fraction of sp³-hybridized carbons (Fsp3) is 0. The minimum atomic E-state index is 0.422. The Kier molecular flexibility index (Phi) is 8.47. The Bertz CT molecular complexity index is 2980. The minimum Gasteiger partial charge on any atom is -0.354 e. The number of nitrogens with zero attached hydrogens (tertiary/aromatic N) is 2. The largest absolute Gasteiger partial charge is 0.354 e. The molecule has 9 aromatic rings. The number of hydrogen-bond acceptors (Lipinski definition) is 5. The molecule has 0 saturated heterocycles. The molecule has 0 spiro atoms. The van der Waals surface area contributed by atoms with Gasteiger partial charge in [-0.05, 0) is 34.9 Å². The quantitative estimate of drug-likeness (QED) is 0.160. The molecule has 1 aliphatic heterocycles. The van der Waals surface area contributed by atoms with Crippen molar-refractivity contribution < 1.29 is 0 Å². The predicted octanol–water partition coefficient (Wildman–Crippen LogP) is 12.9. The average molecular weight is 735 g/mol. The third-order valence-electron chi connectivity index (χ3n) is 10.3. The highest BCUT2D eigenvalue weighted by Crippen LogP contribution is 2.41. The third-order valence-corrected chi connectivity index (χ3v) is 11.6. The van der Waals surface area contributed by atoms with Crippen LogP contribution in [0.1, 0.15) is 27.8 Å². The molecule has 7 aromatic carbocycles. The van der Waals surface area contributed by atoms with Crippen LogP contribution in [0, 0.1) is 5.41 Å². The summed E-state index contributed by atoms with van der Waals surface area (Å²) in [6, 6.07) is 64.6. The lowest BCUT2D eigenvalue weighted by Gasteiger charge is -2.26. The summed E-state index contributed by atoms with van der Waals surface area (Å²) in [4.78, 5) is 10.4. The summed E-state index contributed by atoms with van der Waals surface area (Å²) < 4.78 is 2.47. The first-order chi connectivity index (χ1) is 27.7. The van der Waals surface area contributed by atoms with E-state index in [0.29, 0.717) is 11.5 Å². The molecule has 1 aliphatic rings. The van der Waals surface area contributed by atoms with Crippen molar-refractivity contribution in [2.45, 2.75) is 0 Å². The van der Waals surface area contributed by atoms with Gasteiger partial charge in [0, 0.05) is 59.3 Å². The maximum Gasteiger partial charge on any atom is 0.160 e. The molecule has 10 rings (SSSR count). The molecule has 2 aromatic heterocycles. The number of benzene rings is 7. The van der Waals surface area contributed by atoms with Crippen molar-refractivity contribution in [1.29, 1.82) is 5.41 Å². The summed E-state index contributed by atoms with van der Waals surface area (Å²) in [7, 11) is 0. The van der Waals surface area contributed by atoms with E-state index >= 15 is 0 Å². The van der Waals surface area contributed by atoms with Crippen LogP contribution in [-0.4, -0.2) is 15.7 Å². The summed E-state index contributed by atoms with van der Waals surface area (Å²) in [5.74, 6) is 0.639. The topological polar surface area (TPSA) is 61.7 Å². The highest BCUT2D eigenvalue weighted by molar-refractivity contribution is 7.26. The number of nitrogens with one attached hydrogen (secondary N) is 2. The molecule has 0 amide bonds. The lowest BCUT2D eigenvalue weighted by molar-refractivity contribution is 1.18. The summed E-state index contributed by atoms with van der Waals surface area (Å²) >= 11 is 1.80. The highest BCUT2D eigenvalue weighted by Gasteiger charge is 2.24. The van der Waals surface area contributed by atoms with Gasteiger partial charge in [0.1, 0.15) is 0 Å². The van der Waals surface area contributed by atoms with Crippen molar-refractivity contribution in [2.75, 3.05) is 0 Å². The maximum absolute atomic E-state index is 9.82. The molecule has 0 fully saturated rings. The van der Waals surface area contributed by atoms with Gasteiger partial charge in [-0.25, -0.2) is 9.97 Å². The van der Waals surface area contributed by atoms with Crippen molar-refractivity contribution >= 4 is 60.3 Å². The smallest absolute Gasteiger partial charge is 0.160 e. The number of hydrogen-bond donors (Lipinski definition) is 2. The molecule has 4 nitrogen and oxygen atoms in total. The van der Waals surface area contributed by atoms with Crippen LogP contribution in [0.3, 0.4) is 0 Å². The molecule has 56 heavy (non-hydrogen) atoms. The number of thiophene rings is 1. The Morgan fingerprint density at radius 2 is 1.12 bits per heavy atom. The van der Waals surface area contributed by atoms with E-state index in [1.807, 2.05) is 66.7 Å². The van der Waals surface area contributed by atoms with Crippen molar-refractivity contribution in [2.24, 2.45) is 0 Å². The van der Waals surface area contributed by atoms with Crippen LogP contribution in [0.15, 0.2) is 188 Å². The second-order valence-corrected chi connectivity index (χ2v) is 14.9. The van der Waals surface area contributed by atoms with Gasteiger partial charge in [0.25, 0.3) is 0 Å². The average Bonchev–Trinajstić information content (AvgIpc) is 3.66. The summed E-state index contributed by atoms with van der Waals surface area (Å²) in [6.07, 6.45) is 2.19. The van der Waals surface area contributed by atoms with E-state index in [1.165, 1.54) is 20.2 Å². The molecule has 0 unspecified atom stereocenters. The fourth-order valence-electron chi connectivity index (χ4n) is 7.58. The SMILES string of the molecule is N=C(/C(=C1\NC(c2ccccc2)=Cc2ccccc21)c1ccccc1)c1ccc(-c2nc(-c3ccccc3)cc(-c3cccc4c3sc3ccccc34)n2)cc1. The molecule has 0 atom stereocenters. The first kappa shape index (κ1) is 33.4. The van der Waals surface area contributed by atoms with Crippen molar-refractivity contribution in [3.63, 3.8) is 0 Å². The number of fused-ring (bicyclic) bond motifs is 4. The maximum atomic E-state index is 9.82. The van der Waals surface area contributed by atoms with Gasteiger partial charge >= 0.3 is 0 Å². The monoisotopic (exact) mass is 734 g/mol. The molecule has 0 aliphatic carbocycles. The second-order valence-electron chi connectivity index (χ2n) is 13.8. The van der Waals surface area contributed by atoms with Gasteiger partial charge in [-0.2, -0.15) is 0 Å². The highest BCUT2D eigenvalue weighted by atomic mass is 32.1. The summed E-state index contributed by atoms with van der Waals surface area (Å²) in [6.45, 7) is 0. The van der Waals surface area contributed by atoms with Crippen molar-refractivity contribution in [1.82, 2.24) is 15.3 Å². The first-order valence-corrected chi connectivity index (χ1v) is 19.5. The molecule has 264 valence electrons. The number of allylic oxidation sites excluding steroid dienone is 1. The Hall–Kier alpha value is -7.21. The first-order valence-electron chi connectivity index (χ1n) is 18.7. The van der Waals surface area contributed by atoms with E-state index in [0.717, 1.165) is 72.9 Å². The van der Waals surface area contributed by atoms with Gasteiger partial charge in [0.15, 0.2) is 5.82 Å². The second kappa shape index (κ2) is 14.2. The van der Waals surface area contributed by atoms with Gasteiger partial charge in [0.05, 0.1) is 22.8 Å². The lowest BCUT2D eigenvalue weighted by Crippen LogP contribution is -2.20. The molecule has 5 heteroatoms. The van der Waals surface area contributed by atoms with E-state index < -0.39 is 0 Å². The Morgan fingerprint density at radius 1 is 0.500 bits per heavy atom. The van der Waals surface area contributed by atoms with Gasteiger partial charge < -0.3 is 5.32 Å². The van der Waals surface area contributed by atoms with Gasteiger partial charge in [0.2, 0.25) is 0 Å². The van der Waals surface area contributed by atoms with Gasteiger partial charge in [-0.3, -0.25) is 5.41 Å². The van der Waals surface area contributed by atoms with Crippen LogP contribution in [0.25, 0.3) is 77.1 Å². The molecular weight excluding hydrogens is 701 g/mol. The Balaban J connectivity index is 1.08. The molecule has 0 saturated carbocycles. The van der Waals surface area contributed by atoms with Gasteiger partial charge in [-0.15, -0.1) is 11.3 Å². The van der Waals surface area contributed by atoms with Gasteiger partial charge in [-0.1, -0.05) is 176 Å². The zero-order valence-electron chi connectivity index (χ0n) is 30.3. The molecule has 0 bridgehead atoms. The van der Waals surface area contributed by atoms with Crippen LogP contribution < -0.4 is 5.32 Å². The van der Waals surface area contributed by atoms with E-state index in [2.05, 4.69) is 133 Å². The van der Waals surface area contributed by atoms with Crippen LogP contribution in [0.4, 0.5) is 0 Å². The van der Waals surface area contributed by atoms with Crippen LogP contribution in [0.2, 0.25) is 0 Å².